The molecule has 1 N–H and O–H groups in total. The van der Waals surface area contributed by atoms with E-state index in [1.165, 1.54) is 12.5 Å². The minimum absolute atomic E-state index is 0.931. The van der Waals surface area contributed by atoms with Crippen LogP contribution in [0, 0.1) is 0 Å². The monoisotopic (exact) mass is 159 g/mol. The van der Waals surface area contributed by atoms with Gasteiger partial charge in [0.1, 0.15) is 17.9 Å². The highest BCUT2D eigenvalue weighted by Gasteiger charge is 2.16. The summed E-state index contributed by atoms with van der Waals surface area (Å²) < 4.78 is 3.59. The SMILES string of the molecule is CCC[Si](C)(C)N[Si]C. The van der Waals surface area contributed by atoms with Gasteiger partial charge in [-0.15, -0.1) is 0 Å². The predicted octanol–water partition coefficient (Wildman–Crippen LogP) is 1.86. The van der Waals surface area contributed by atoms with Crippen LogP contribution in [0.4, 0.5) is 0 Å². The lowest BCUT2D eigenvalue weighted by atomic mass is 10.6. The van der Waals surface area contributed by atoms with E-state index in [2.05, 4.69) is 31.2 Å². The van der Waals surface area contributed by atoms with Crippen molar-refractivity contribution in [3.05, 3.63) is 0 Å². The number of hydrogen-bond acceptors (Lipinski definition) is 1. The predicted molar refractivity (Wildman–Crippen MR) is 47.3 cm³/mol. The van der Waals surface area contributed by atoms with Crippen LogP contribution in [0.1, 0.15) is 13.3 Å². The van der Waals surface area contributed by atoms with Crippen LogP contribution in [-0.4, -0.2) is 17.9 Å². The van der Waals surface area contributed by atoms with Crippen molar-refractivity contribution in [1.29, 1.82) is 0 Å². The summed E-state index contributed by atoms with van der Waals surface area (Å²) >= 11 is 0. The largest absolute Gasteiger partial charge is 0.362 e. The minimum Gasteiger partial charge on any atom is -0.362 e. The molecule has 54 valence electrons. The maximum absolute atomic E-state index is 3.59. The van der Waals surface area contributed by atoms with Gasteiger partial charge >= 0.3 is 0 Å². The van der Waals surface area contributed by atoms with Gasteiger partial charge in [0.2, 0.25) is 0 Å². The van der Waals surface area contributed by atoms with E-state index in [1.807, 2.05) is 0 Å². The second-order valence-corrected chi connectivity index (χ2v) is 8.78. The van der Waals surface area contributed by atoms with Crippen LogP contribution < -0.4 is 4.65 Å². The first-order valence-corrected chi connectivity index (χ1v) is 8.27. The fourth-order valence-corrected chi connectivity index (χ4v) is 5.48. The number of hydrogen-bond donors (Lipinski definition) is 1. The lowest BCUT2D eigenvalue weighted by Crippen LogP contribution is -2.45. The first kappa shape index (κ1) is 9.39. The Morgan fingerprint density at radius 3 is 2.33 bits per heavy atom. The van der Waals surface area contributed by atoms with E-state index in [1.54, 1.807) is 0 Å². The quantitative estimate of drug-likeness (QED) is 0.618. The van der Waals surface area contributed by atoms with Gasteiger partial charge in [0.05, 0.1) is 0 Å². The first-order chi connectivity index (χ1) is 4.12. The van der Waals surface area contributed by atoms with Crippen LogP contribution in [0.5, 0.6) is 0 Å². The summed E-state index contributed by atoms with van der Waals surface area (Å²) in [6.07, 6.45) is 1.33. The molecule has 0 aliphatic carbocycles. The second kappa shape index (κ2) is 4.25. The molecule has 0 aromatic rings. The third kappa shape index (κ3) is 4.87. The molecule has 0 spiro atoms. The summed E-state index contributed by atoms with van der Waals surface area (Å²) in [5.41, 5.74) is 0. The Bertz CT molecular complexity index is 65.5. The summed E-state index contributed by atoms with van der Waals surface area (Å²) in [7, 11) is -0.0102. The molecule has 0 atom stereocenters. The molecule has 0 aliphatic rings. The summed E-state index contributed by atoms with van der Waals surface area (Å²) in [4.78, 5) is 0. The lowest BCUT2D eigenvalue weighted by Gasteiger charge is -2.21. The third-order valence-electron chi connectivity index (χ3n) is 1.34. The van der Waals surface area contributed by atoms with Crippen molar-refractivity contribution < 1.29 is 0 Å². The molecule has 0 aromatic carbocycles. The highest BCUT2D eigenvalue weighted by atomic mass is 28.4. The van der Waals surface area contributed by atoms with Gasteiger partial charge in [-0.3, -0.25) is 0 Å². The van der Waals surface area contributed by atoms with E-state index in [9.17, 15) is 0 Å². The maximum atomic E-state index is 3.59. The van der Waals surface area contributed by atoms with Crippen molar-refractivity contribution in [3.63, 3.8) is 0 Å². The molecule has 0 aromatic heterocycles. The highest BCUT2D eigenvalue weighted by Crippen LogP contribution is 2.06. The molecule has 0 heterocycles. The molecule has 0 unspecified atom stereocenters. The molecule has 0 saturated carbocycles. The molecule has 0 aliphatic heterocycles. The van der Waals surface area contributed by atoms with Crippen LogP contribution in [-0.2, 0) is 0 Å². The zero-order chi connectivity index (χ0) is 7.33. The van der Waals surface area contributed by atoms with Gasteiger partial charge in [-0.05, 0) is 6.04 Å². The van der Waals surface area contributed by atoms with Gasteiger partial charge in [-0.25, -0.2) is 0 Å². The molecule has 0 amide bonds. The molecular weight excluding hydrogens is 142 g/mol. The Morgan fingerprint density at radius 2 is 2.00 bits per heavy atom. The van der Waals surface area contributed by atoms with Crippen molar-refractivity contribution in [2.75, 3.05) is 0 Å². The topological polar surface area (TPSA) is 12.0 Å². The van der Waals surface area contributed by atoms with Gasteiger partial charge in [0, 0.05) is 0 Å². The van der Waals surface area contributed by atoms with Crippen molar-refractivity contribution in [2.24, 2.45) is 0 Å². The van der Waals surface area contributed by atoms with Gasteiger partial charge in [0.15, 0.2) is 0 Å². The van der Waals surface area contributed by atoms with E-state index in [-0.39, 0.29) is 0 Å². The lowest BCUT2D eigenvalue weighted by molar-refractivity contribution is 1.03. The van der Waals surface area contributed by atoms with Crippen LogP contribution in [0.2, 0.25) is 25.7 Å². The summed E-state index contributed by atoms with van der Waals surface area (Å²) in [5, 5.41) is 0. The fourth-order valence-electron chi connectivity index (χ4n) is 1.03. The Kier molecular flexibility index (Phi) is 4.43. The zero-order valence-corrected chi connectivity index (χ0v) is 8.91. The van der Waals surface area contributed by atoms with Crippen LogP contribution >= 0.6 is 0 Å². The average molecular weight is 159 g/mol. The van der Waals surface area contributed by atoms with E-state index in [0.29, 0.717) is 0 Å². The van der Waals surface area contributed by atoms with Crippen molar-refractivity contribution in [3.8, 4) is 0 Å². The first-order valence-electron chi connectivity index (χ1n) is 3.56. The Labute approximate surface area is 62.2 Å². The van der Waals surface area contributed by atoms with Gasteiger partial charge in [-0.2, -0.15) is 0 Å². The van der Waals surface area contributed by atoms with E-state index >= 15 is 0 Å². The molecule has 2 radical (unpaired) electrons. The molecule has 0 bridgehead atoms. The smallest absolute Gasteiger partial charge is 0.127 e. The molecular formula is C6H17NSi2. The summed E-state index contributed by atoms with van der Waals surface area (Å²) in [6.45, 7) is 9.26. The van der Waals surface area contributed by atoms with Crippen molar-refractivity contribution in [2.45, 2.75) is 39.0 Å². The van der Waals surface area contributed by atoms with Crippen molar-refractivity contribution >= 4 is 17.9 Å². The van der Waals surface area contributed by atoms with Crippen molar-refractivity contribution in [1.82, 2.24) is 4.65 Å². The summed E-state index contributed by atoms with van der Waals surface area (Å²) in [6, 6.07) is 1.41. The molecule has 3 heteroatoms. The standard InChI is InChI=1S/C6H17NSi2/c1-5-6-9(3,4)7-8-2/h7H,5-6H2,1-4H3. The van der Waals surface area contributed by atoms with Gasteiger partial charge in [-0.1, -0.05) is 33.0 Å². The normalized spacial score (nSPS) is 12.0. The third-order valence-corrected chi connectivity index (χ3v) is 6.80. The average Bonchev–Trinajstić information content (AvgIpc) is 1.64. The molecule has 0 fully saturated rings. The molecule has 0 saturated heterocycles. The fraction of sp³-hybridized carbons (Fsp3) is 1.00. The van der Waals surface area contributed by atoms with Gasteiger partial charge in [0.25, 0.3) is 0 Å². The molecule has 9 heavy (non-hydrogen) atoms. The maximum Gasteiger partial charge on any atom is 0.127 e. The van der Waals surface area contributed by atoms with E-state index in [4.69, 9.17) is 0 Å². The van der Waals surface area contributed by atoms with Crippen LogP contribution in [0.15, 0.2) is 0 Å². The Balaban J connectivity index is 3.43. The Morgan fingerprint density at radius 1 is 1.44 bits per heavy atom. The van der Waals surface area contributed by atoms with E-state index in [0.717, 1.165) is 9.68 Å². The number of rotatable bonds is 4. The zero-order valence-electron chi connectivity index (χ0n) is 6.91. The van der Waals surface area contributed by atoms with Gasteiger partial charge < -0.3 is 4.65 Å². The molecule has 0 rings (SSSR count). The minimum atomic E-state index is -0.941. The summed E-state index contributed by atoms with van der Waals surface area (Å²) in [5.74, 6) is 0. The van der Waals surface area contributed by atoms with Crippen LogP contribution in [0.3, 0.4) is 0 Å². The highest BCUT2D eigenvalue weighted by molar-refractivity contribution is 6.80. The Hall–Kier alpha value is 0.394. The molecule has 1 nitrogen and oxygen atoms in total. The number of nitrogens with one attached hydrogen (secondary N) is 1. The van der Waals surface area contributed by atoms with E-state index < -0.39 is 8.24 Å². The second-order valence-electron chi connectivity index (χ2n) is 3.01. The van der Waals surface area contributed by atoms with Crippen LogP contribution in [0.25, 0.3) is 0 Å².